The van der Waals surface area contributed by atoms with Crippen molar-refractivity contribution in [3.05, 3.63) is 41.5 Å². The molecule has 0 fully saturated rings. The first-order valence-electron chi connectivity index (χ1n) is 8.73. The van der Waals surface area contributed by atoms with Gasteiger partial charge in [-0.3, -0.25) is 4.79 Å². The van der Waals surface area contributed by atoms with E-state index in [1.54, 1.807) is 7.11 Å². The molecule has 0 radical (unpaired) electrons. The van der Waals surface area contributed by atoms with E-state index in [0.29, 0.717) is 49.2 Å². The maximum atomic E-state index is 12.3. The Hall–Kier alpha value is -2.89. The third kappa shape index (κ3) is 2.92. The molecule has 6 heteroatoms. The lowest BCUT2D eigenvalue weighted by Crippen LogP contribution is -2.24. The number of rotatable bonds is 4. The highest BCUT2D eigenvalue weighted by molar-refractivity contribution is 5.96. The van der Waals surface area contributed by atoms with Gasteiger partial charge >= 0.3 is 0 Å². The van der Waals surface area contributed by atoms with Crippen molar-refractivity contribution in [3.8, 4) is 23.0 Å². The molecule has 0 aromatic heterocycles. The zero-order valence-corrected chi connectivity index (χ0v) is 14.8. The Morgan fingerprint density at radius 1 is 1.12 bits per heavy atom. The number of ether oxygens (including phenoxy) is 4. The lowest BCUT2D eigenvalue weighted by molar-refractivity contribution is -0.116. The fourth-order valence-electron chi connectivity index (χ4n) is 3.47. The lowest BCUT2D eigenvalue weighted by atomic mass is 9.84. The minimum absolute atomic E-state index is 0.0213. The van der Waals surface area contributed by atoms with E-state index in [1.165, 1.54) is 0 Å². The Morgan fingerprint density at radius 2 is 1.88 bits per heavy atom. The molecule has 2 aromatic carbocycles. The quantitative estimate of drug-likeness (QED) is 0.911. The standard InChI is InChI=1S/C20H21NO5/c1-3-24-16-5-4-12(8-17(16)23-2)13-10-20(22)21-15-11-19-18(9-14(13)15)25-6-7-26-19/h4-5,8-9,11,13H,3,6-7,10H2,1-2H3,(H,21,22)/t13-/m1/s1. The van der Waals surface area contributed by atoms with Crippen molar-refractivity contribution in [2.75, 3.05) is 32.2 Å². The van der Waals surface area contributed by atoms with Gasteiger partial charge in [0, 0.05) is 24.1 Å². The van der Waals surface area contributed by atoms with E-state index in [2.05, 4.69) is 5.32 Å². The average Bonchev–Trinajstić information content (AvgIpc) is 2.66. The third-order valence-electron chi connectivity index (χ3n) is 4.64. The molecule has 1 amide bonds. The van der Waals surface area contributed by atoms with Gasteiger partial charge in [-0.05, 0) is 36.2 Å². The SMILES string of the molecule is CCOc1ccc([C@H]2CC(=O)Nc3cc4c(cc32)OCCO4)cc1OC. The van der Waals surface area contributed by atoms with Crippen LogP contribution in [0.5, 0.6) is 23.0 Å². The number of carbonyl (C=O) groups excluding carboxylic acids is 1. The summed E-state index contributed by atoms with van der Waals surface area (Å²) in [6.45, 7) is 3.53. The van der Waals surface area contributed by atoms with Gasteiger partial charge in [-0.2, -0.15) is 0 Å². The minimum Gasteiger partial charge on any atom is -0.493 e. The van der Waals surface area contributed by atoms with Crippen LogP contribution in [0.2, 0.25) is 0 Å². The Labute approximate surface area is 152 Å². The van der Waals surface area contributed by atoms with Crippen molar-refractivity contribution in [3.63, 3.8) is 0 Å². The van der Waals surface area contributed by atoms with Crippen molar-refractivity contribution in [2.45, 2.75) is 19.3 Å². The van der Waals surface area contributed by atoms with Crippen LogP contribution in [0.1, 0.15) is 30.4 Å². The first-order valence-corrected chi connectivity index (χ1v) is 8.73. The third-order valence-corrected chi connectivity index (χ3v) is 4.64. The number of benzene rings is 2. The number of anilines is 1. The van der Waals surface area contributed by atoms with Gasteiger partial charge in [0.05, 0.1) is 13.7 Å². The van der Waals surface area contributed by atoms with Gasteiger partial charge in [0.15, 0.2) is 23.0 Å². The molecular formula is C20H21NO5. The molecule has 2 aromatic rings. The number of hydrogen-bond acceptors (Lipinski definition) is 5. The van der Waals surface area contributed by atoms with E-state index >= 15 is 0 Å². The van der Waals surface area contributed by atoms with E-state index in [4.69, 9.17) is 18.9 Å². The molecule has 4 rings (SSSR count). The summed E-state index contributed by atoms with van der Waals surface area (Å²) < 4.78 is 22.4. The molecule has 2 aliphatic rings. The average molecular weight is 355 g/mol. The van der Waals surface area contributed by atoms with Crippen LogP contribution >= 0.6 is 0 Å². The Kier molecular flexibility index (Phi) is 4.32. The fraction of sp³-hybridized carbons (Fsp3) is 0.350. The summed E-state index contributed by atoms with van der Waals surface area (Å²) in [7, 11) is 1.62. The van der Waals surface area contributed by atoms with E-state index in [9.17, 15) is 4.79 Å². The summed E-state index contributed by atoms with van der Waals surface area (Å²) in [5, 5.41) is 2.94. The number of nitrogens with one attached hydrogen (secondary N) is 1. The molecule has 0 aliphatic carbocycles. The van der Waals surface area contributed by atoms with Gasteiger partial charge in [0.1, 0.15) is 13.2 Å². The highest BCUT2D eigenvalue weighted by Crippen LogP contribution is 2.45. The highest BCUT2D eigenvalue weighted by atomic mass is 16.6. The second kappa shape index (κ2) is 6.78. The summed E-state index contributed by atoms with van der Waals surface area (Å²) in [4.78, 5) is 12.3. The van der Waals surface area contributed by atoms with Crippen LogP contribution in [0.4, 0.5) is 5.69 Å². The number of amides is 1. The lowest BCUT2D eigenvalue weighted by Gasteiger charge is -2.29. The van der Waals surface area contributed by atoms with Gasteiger partial charge in [0.25, 0.3) is 0 Å². The molecular weight excluding hydrogens is 334 g/mol. The second-order valence-corrected chi connectivity index (χ2v) is 6.23. The first-order chi connectivity index (χ1) is 12.7. The Bertz CT molecular complexity index is 848. The van der Waals surface area contributed by atoms with Crippen LogP contribution in [0.25, 0.3) is 0 Å². The number of hydrogen-bond donors (Lipinski definition) is 1. The summed E-state index contributed by atoms with van der Waals surface area (Å²) in [5.74, 6) is 2.64. The van der Waals surface area contributed by atoms with Crippen LogP contribution in [0, 0.1) is 0 Å². The zero-order chi connectivity index (χ0) is 18.1. The predicted octanol–water partition coefficient (Wildman–Crippen LogP) is 3.34. The first kappa shape index (κ1) is 16.6. The van der Waals surface area contributed by atoms with Crippen LogP contribution in [0.15, 0.2) is 30.3 Å². The number of methoxy groups -OCH3 is 1. The van der Waals surface area contributed by atoms with Crippen LogP contribution in [-0.4, -0.2) is 32.8 Å². The monoisotopic (exact) mass is 355 g/mol. The van der Waals surface area contributed by atoms with Crippen LogP contribution in [-0.2, 0) is 4.79 Å². The van der Waals surface area contributed by atoms with Gasteiger partial charge in [-0.15, -0.1) is 0 Å². The maximum Gasteiger partial charge on any atom is 0.225 e. The molecule has 2 aliphatic heterocycles. The van der Waals surface area contributed by atoms with Crippen molar-refractivity contribution in [1.82, 2.24) is 0 Å². The van der Waals surface area contributed by atoms with Gasteiger partial charge in [-0.1, -0.05) is 6.07 Å². The predicted molar refractivity (Wildman–Crippen MR) is 96.7 cm³/mol. The molecule has 0 unspecified atom stereocenters. The van der Waals surface area contributed by atoms with E-state index in [-0.39, 0.29) is 11.8 Å². The largest absolute Gasteiger partial charge is 0.493 e. The summed E-state index contributed by atoms with van der Waals surface area (Å²) in [6.07, 6.45) is 0.365. The Balaban J connectivity index is 1.77. The molecule has 0 bridgehead atoms. The van der Waals surface area contributed by atoms with Crippen molar-refractivity contribution < 1.29 is 23.7 Å². The smallest absolute Gasteiger partial charge is 0.225 e. The topological polar surface area (TPSA) is 66.0 Å². The Morgan fingerprint density at radius 3 is 2.62 bits per heavy atom. The molecule has 0 saturated carbocycles. The summed E-state index contributed by atoms with van der Waals surface area (Å²) >= 11 is 0. The summed E-state index contributed by atoms with van der Waals surface area (Å²) in [6, 6.07) is 9.63. The number of carbonyl (C=O) groups is 1. The van der Waals surface area contributed by atoms with Gasteiger partial charge < -0.3 is 24.3 Å². The molecule has 1 atom stereocenters. The molecule has 0 spiro atoms. The van der Waals surface area contributed by atoms with E-state index in [0.717, 1.165) is 16.8 Å². The minimum atomic E-state index is -0.0841. The van der Waals surface area contributed by atoms with E-state index in [1.807, 2.05) is 37.3 Å². The highest BCUT2D eigenvalue weighted by Gasteiger charge is 2.30. The molecule has 0 saturated heterocycles. The molecule has 6 nitrogen and oxygen atoms in total. The number of fused-ring (bicyclic) bond motifs is 2. The van der Waals surface area contributed by atoms with Crippen molar-refractivity contribution in [1.29, 1.82) is 0 Å². The van der Waals surface area contributed by atoms with Crippen LogP contribution < -0.4 is 24.3 Å². The second-order valence-electron chi connectivity index (χ2n) is 6.23. The summed E-state index contributed by atoms with van der Waals surface area (Å²) in [5.41, 5.74) is 2.78. The molecule has 1 N–H and O–H groups in total. The van der Waals surface area contributed by atoms with Gasteiger partial charge in [-0.25, -0.2) is 0 Å². The fourth-order valence-corrected chi connectivity index (χ4v) is 3.47. The molecule has 26 heavy (non-hydrogen) atoms. The molecule has 136 valence electrons. The maximum absolute atomic E-state index is 12.3. The molecule has 2 heterocycles. The normalized spacial score (nSPS) is 17.9. The van der Waals surface area contributed by atoms with Crippen molar-refractivity contribution >= 4 is 11.6 Å². The van der Waals surface area contributed by atoms with Crippen LogP contribution in [0.3, 0.4) is 0 Å². The zero-order valence-electron chi connectivity index (χ0n) is 14.8. The van der Waals surface area contributed by atoms with Crippen molar-refractivity contribution in [2.24, 2.45) is 0 Å². The van der Waals surface area contributed by atoms with Gasteiger partial charge in [0.2, 0.25) is 5.91 Å². The van der Waals surface area contributed by atoms with E-state index < -0.39 is 0 Å².